The van der Waals surface area contributed by atoms with Crippen LogP contribution in [0.1, 0.15) is 96.5 Å². The van der Waals surface area contributed by atoms with Crippen molar-refractivity contribution in [1.29, 1.82) is 0 Å². The van der Waals surface area contributed by atoms with Crippen LogP contribution in [0.25, 0.3) is 0 Å². The van der Waals surface area contributed by atoms with Crippen LogP contribution in [-0.2, 0) is 11.2 Å². The van der Waals surface area contributed by atoms with E-state index >= 15 is 0 Å². The van der Waals surface area contributed by atoms with Gasteiger partial charge < -0.3 is 25.8 Å². The molecular formula is C32H52ClN5O2. The molecule has 7 nitrogen and oxygen atoms in total. The Hall–Kier alpha value is -1.83. The van der Waals surface area contributed by atoms with Crippen molar-refractivity contribution in [2.75, 3.05) is 26.2 Å². The molecule has 0 bridgehead atoms. The number of nitrogens with two attached hydrogens (primary N) is 1. The van der Waals surface area contributed by atoms with Gasteiger partial charge in [-0.25, -0.2) is 4.79 Å². The summed E-state index contributed by atoms with van der Waals surface area (Å²) in [6.45, 7) is 7.02. The van der Waals surface area contributed by atoms with E-state index in [0.717, 1.165) is 70.0 Å². The van der Waals surface area contributed by atoms with Gasteiger partial charge in [0.25, 0.3) is 0 Å². The minimum atomic E-state index is -0.271. The zero-order valence-corrected chi connectivity index (χ0v) is 25.6. The second-order valence-electron chi connectivity index (χ2n) is 12.2. The summed E-state index contributed by atoms with van der Waals surface area (Å²) in [6, 6.07) is 8.88. The van der Waals surface area contributed by atoms with E-state index in [0.29, 0.717) is 36.6 Å². The summed E-state index contributed by atoms with van der Waals surface area (Å²) in [7, 11) is 0. The fourth-order valence-corrected chi connectivity index (χ4v) is 7.16. The van der Waals surface area contributed by atoms with Crippen molar-refractivity contribution in [3.8, 4) is 0 Å². The molecule has 1 aromatic carbocycles. The number of benzene rings is 1. The molecule has 1 atom stereocenters. The van der Waals surface area contributed by atoms with Crippen molar-refractivity contribution in [1.82, 2.24) is 20.0 Å². The molecule has 40 heavy (non-hydrogen) atoms. The number of nitrogens with zero attached hydrogens (tertiary/aromatic N) is 3. The van der Waals surface area contributed by atoms with Crippen LogP contribution in [0.5, 0.6) is 0 Å². The molecule has 1 aromatic rings. The normalized spacial score (nSPS) is 23.9. The lowest BCUT2D eigenvalue weighted by atomic mass is 9.90. The first kappa shape index (κ1) is 31.1. The van der Waals surface area contributed by atoms with E-state index in [1.54, 1.807) is 0 Å². The van der Waals surface area contributed by atoms with Gasteiger partial charge in [-0.1, -0.05) is 49.4 Å². The summed E-state index contributed by atoms with van der Waals surface area (Å²) in [6.07, 6.45) is 13.5. The van der Waals surface area contributed by atoms with Crippen molar-refractivity contribution < 1.29 is 9.59 Å². The van der Waals surface area contributed by atoms with Crippen molar-refractivity contribution >= 4 is 23.5 Å². The van der Waals surface area contributed by atoms with Crippen molar-refractivity contribution in [3.63, 3.8) is 0 Å². The summed E-state index contributed by atoms with van der Waals surface area (Å²) in [5.74, 6) is 0.180. The smallest absolute Gasteiger partial charge is 0.320 e. The van der Waals surface area contributed by atoms with Crippen LogP contribution in [0.2, 0.25) is 5.02 Å². The van der Waals surface area contributed by atoms with Gasteiger partial charge in [0, 0.05) is 55.4 Å². The third-order valence-corrected chi connectivity index (χ3v) is 9.75. The number of carbonyl (C=O) groups excluding carboxylic acids is 2. The van der Waals surface area contributed by atoms with Gasteiger partial charge in [-0.05, 0) is 89.3 Å². The Kier molecular flexibility index (Phi) is 12.0. The van der Waals surface area contributed by atoms with Gasteiger partial charge in [-0.15, -0.1) is 0 Å². The highest BCUT2D eigenvalue weighted by Crippen LogP contribution is 2.29. The topological polar surface area (TPSA) is 81.9 Å². The highest BCUT2D eigenvalue weighted by atomic mass is 35.5. The molecule has 1 heterocycles. The molecule has 3 amide bonds. The Morgan fingerprint density at radius 1 is 0.900 bits per heavy atom. The highest BCUT2D eigenvalue weighted by molar-refractivity contribution is 6.30. The highest BCUT2D eigenvalue weighted by Gasteiger charge is 2.37. The first-order valence-electron chi connectivity index (χ1n) is 16.0. The molecule has 0 radical (unpaired) electrons. The molecule has 3 N–H and O–H groups in total. The van der Waals surface area contributed by atoms with E-state index < -0.39 is 0 Å². The average Bonchev–Trinajstić information content (AvgIpc) is 3.25. The number of halogens is 1. The molecule has 1 aliphatic heterocycles. The Morgan fingerprint density at radius 3 is 2.05 bits per heavy atom. The molecular weight excluding hydrogens is 522 g/mol. The molecule has 3 fully saturated rings. The lowest BCUT2D eigenvalue weighted by molar-refractivity contribution is -0.135. The SMILES string of the molecule is CCN(CC)C(=O)N(C1CCCCCC1)C1CCN(C(=O)[C@H](Cc2ccc(Cl)cc2)NC2CCC(N)CC2)CC1. The lowest BCUT2D eigenvalue weighted by Crippen LogP contribution is -2.58. The third kappa shape index (κ3) is 8.36. The summed E-state index contributed by atoms with van der Waals surface area (Å²) >= 11 is 6.13. The number of urea groups is 1. The number of hydrogen-bond donors (Lipinski definition) is 2. The standard InChI is InChI=1S/C32H52ClN5O2/c1-3-36(4-2)32(40)38(28-9-7-5-6-8-10-28)29-19-21-37(22-20-29)31(39)30(23-24-11-13-25(33)14-12-24)35-27-17-15-26(34)16-18-27/h11-14,26-30,35H,3-10,15-23,34H2,1-2H3/t26?,27?,30-/m0/s1. The largest absolute Gasteiger partial charge is 0.341 e. The average molecular weight is 574 g/mol. The summed E-state index contributed by atoms with van der Waals surface area (Å²) in [5.41, 5.74) is 7.27. The molecule has 0 aromatic heterocycles. The number of rotatable bonds is 9. The van der Waals surface area contributed by atoms with Crippen LogP contribution in [0, 0.1) is 0 Å². The van der Waals surface area contributed by atoms with E-state index in [9.17, 15) is 9.59 Å². The molecule has 2 aliphatic carbocycles. The summed E-state index contributed by atoms with van der Waals surface area (Å²) in [5, 5.41) is 4.44. The van der Waals surface area contributed by atoms with Gasteiger partial charge >= 0.3 is 6.03 Å². The van der Waals surface area contributed by atoms with Gasteiger partial charge in [0.05, 0.1) is 6.04 Å². The van der Waals surface area contributed by atoms with Gasteiger partial charge in [-0.2, -0.15) is 0 Å². The van der Waals surface area contributed by atoms with Gasteiger partial charge in [0.15, 0.2) is 0 Å². The van der Waals surface area contributed by atoms with E-state index in [4.69, 9.17) is 17.3 Å². The summed E-state index contributed by atoms with van der Waals surface area (Å²) < 4.78 is 0. The maximum absolute atomic E-state index is 14.0. The van der Waals surface area contributed by atoms with E-state index in [2.05, 4.69) is 24.1 Å². The quantitative estimate of drug-likeness (QED) is 0.377. The second kappa shape index (κ2) is 15.4. The van der Waals surface area contributed by atoms with Crippen LogP contribution >= 0.6 is 11.6 Å². The number of hydrogen-bond acceptors (Lipinski definition) is 4. The van der Waals surface area contributed by atoms with Gasteiger partial charge in [-0.3, -0.25) is 4.79 Å². The molecule has 0 spiro atoms. The Balaban J connectivity index is 1.44. The summed E-state index contributed by atoms with van der Waals surface area (Å²) in [4.78, 5) is 34.0. The Morgan fingerprint density at radius 2 is 1.48 bits per heavy atom. The first-order valence-corrected chi connectivity index (χ1v) is 16.4. The predicted molar refractivity (Wildman–Crippen MR) is 164 cm³/mol. The molecule has 224 valence electrons. The van der Waals surface area contributed by atoms with E-state index in [1.165, 1.54) is 25.7 Å². The number of piperidine rings is 1. The third-order valence-electron chi connectivity index (χ3n) is 9.50. The zero-order valence-electron chi connectivity index (χ0n) is 24.8. The molecule has 0 unspecified atom stereocenters. The maximum atomic E-state index is 14.0. The maximum Gasteiger partial charge on any atom is 0.320 e. The van der Waals surface area contributed by atoms with Crippen molar-refractivity contribution in [2.45, 2.75) is 128 Å². The number of carbonyl (C=O) groups is 2. The molecule has 8 heteroatoms. The minimum absolute atomic E-state index is 0.180. The van der Waals surface area contributed by atoms with Crippen LogP contribution in [0.3, 0.4) is 0 Å². The van der Waals surface area contributed by atoms with Crippen LogP contribution < -0.4 is 11.1 Å². The van der Waals surface area contributed by atoms with E-state index in [-0.39, 0.29) is 30.1 Å². The molecule has 4 rings (SSSR count). The van der Waals surface area contributed by atoms with Crippen LogP contribution in [-0.4, -0.2) is 83.0 Å². The Labute approximate surface area is 247 Å². The number of nitrogens with one attached hydrogen (secondary N) is 1. The Bertz CT molecular complexity index is 916. The number of amides is 3. The fraction of sp³-hybridized carbons (Fsp3) is 0.750. The minimum Gasteiger partial charge on any atom is -0.341 e. The number of likely N-dealkylation sites (tertiary alicyclic amines) is 1. The lowest BCUT2D eigenvalue weighted by Gasteiger charge is -2.44. The van der Waals surface area contributed by atoms with Crippen molar-refractivity contribution in [3.05, 3.63) is 34.9 Å². The molecule has 1 saturated heterocycles. The van der Waals surface area contributed by atoms with Crippen molar-refractivity contribution in [2.24, 2.45) is 5.73 Å². The predicted octanol–water partition coefficient (Wildman–Crippen LogP) is 5.59. The first-order chi connectivity index (χ1) is 19.4. The van der Waals surface area contributed by atoms with Crippen LogP contribution in [0.15, 0.2) is 24.3 Å². The fourth-order valence-electron chi connectivity index (χ4n) is 7.03. The van der Waals surface area contributed by atoms with Gasteiger partial charge in [0.1, 0.15) is 0 Å². The second-order valence-corrected chi connectivity index (χ2v) is 12.7. The van der Waals surface area contributed by atoms with Crippen LogP contribution in [0.4, 0.5) is 4.79 Å². The van der Waals surface area contributed by atoms with E-state index in [1.807, 2.05) is 34.1 Å². The molecule has 2 saturated carbocycles. The van der Waals surface area contributed by atoms with Gasteiger partial charge in [0.2, 0.25) is 5.91 Å². The molecule has 3 aliphatic rings. The zero-order chi connectivity index (χ0) is 28.5. The monoisotopic (exact) mass is 573 g/mol.